The molecule has 1 aliphatic rings. The molecule has 2 N–H and O–H groups in total. The van der Waals surface area contributed by atoms with Crippen LogP contribution in [0.4, 0.5) is 5.82 Å². The van der Waals surface area contributed by atoms with Gasteiger partial charge in [-0.05, 0) is 44.0 Å². The highest BCUT2D eigenvalue weighted by Gasteiger charge is 2.20. The molecule has 1 saturated heterocycles. The average molecular weight is 415 g/mol. The minimum absolute atomic E-state index is 0. The molecule has 2 aromatic heterocycles. The molecule has 3 heterocycles. The predicted molar refractivity (Wildman–Crippen MR) is 112 cm³/mol. The van der Waals surface area contributed by atoms with Crippen LogP contribution in [0.3, 0.4) is 0 Å². The van der Waals surface area contributed by atoms with Crippen molar-refractivity contribution in [3.8, 4) is 0 Å². The number of pyridine rings is 1. The summed E-state index contributed by atoms with van der Waals surface area (Å²) >= 11 is 0. The van der Waals surface area contributed by atoms with E-state index in [2.05, 4.69) is 31.7 Å². The third-order valence-corrected chi connectivity index (χ3v) is 4.57. The number of piperidine rings is 1. The molecule has 0 bridgehead atoms. The molecule has 0 spiro atoms. The number of anilines is 1. The van der Waals surface area contributed by atoms with E-state index in [1.807, 2.05) is 25.5 Å². The topological polar surface area (TPSA) is 75.1 Å². The molecule has 27 heavy (non-hydrogen) atoms. The minimum Gasteiger partial charge on any atom is -0.357 e. The fourth-order valence-corrected chi connectivity index (χ4v) is 3.20. The lowest BCUT2D eigenvalue weighted by atomic mass is 10.1. The van der Waals surface area contributed by atoms with Crippen molar-refractivity contribution in [2.75, 3.05) is 25.0 Å². The second-order valence-corrected chi connectivity index (χ2v) is 6.46. The van der Waals surface area contributed by atoms with E-state index in [0.717, 1.165) is 30.0 Å². The second-order valence-electron chi connectivity index (χ2n) is 6.46. The lowest BCUT2D eigenvalue weighted by Crippen LogP contribution is -2.35. The molecule has 0 saturated carbocycles. The van der Waals surface area contributed by atoms with E-state index in [-0.39, 0.29) is 30.7 Å². The van der Waals surface area contributed by atoms with E-state index in [0.29, 0.717) is 6.54 Å². The standard InChI is InChI=1S/C18H26N6O.2ClH/c1-19-17(15-12-22-23(2)13-15)18(25)21-11-14-6-7-20-16(10-14)24-8-4-3-5-9-24;;/h6-7,10,12-13,17,19H,3-5,8-9,11H2,1-2H3,(H,21,25);2*1H. The Hall–Kier alpha value is -1.83. The van der Waals surface area contributed by atoms with Gasteiger partial charge in [-0.15, -0.1) is 24.8 Å². The first-order valence-corrected chi connectivity index (χ1v) is 8.81. The number of carbonyl (C=O) groups excluding carboxylic acids is 1. The molecule has 1 unspecified atom stereocenters. The van der Waals surface area contributed by atoms with Crippen LogP contribution in [-0.2, 0) is 18.4 Å². The summed E-state index contributed by atoms with van der Waals surface area (Å²) in [6, 6.07) is 3.62. The first-order valence-electron chi connectivity index (χ1n) is 8.81. The fourth-order valence-electron chi connectivity index (χ4n) is 3.20. The van der Waals surface area contributed by atoms with Crippen LogP contribution in [0.1, 0.15) is 36.4 Å². The Morgan fingerprint density at radius 1 is 1.26 bits per heavy atom. The van der Waals surface area contributed by atoms with E-state index in [9.17, 15) is 4.79 Å². The summed E-state index contributed by atoms with van der Waals surface area (Å²) in [4.78, 5) is 19.3. The van der Waals surface area contributed by atoms with Crippen LogP contribution in [0.5, 0.6) is 0 Å². The van der Waals surface area contributed by atoms with Gasteiger partial charge in [-0.2, -0.15) is 5.10 Å². The molecule has 0 radical (unpaired) electrons. The van der Waals surface area contributed by atoms with Gasteiger partial charge >= 0.3 is 0 Å². The van der Waals surface area contributed by atoms with Crippen LogP contribution >= 0.6 is 24.8 Å². The van der Waals surface area contributed by atoms with Gasteiger partial charge in [0.1, 0.15) is 11.9 Å². The van der Waals surface area contributed by atoms with Crippen LogP contribution in [-0.4, -0.2) is 40.8 Å². The Bertz CT molecular complexity index is 717. The number of halogens is 2. The van der Waals surface area contributed by atoms with Crippen LogP contribution < -0.4 is 15.5 Å². The lowest BCUT2D eigenvalue weighted by molar-refractivity contribution is -0.123. The highest BCUT2D eigenvalue weighted by atomic mass is 35.5. The van der Waals surface area contributed by atoms with Gasteiger partial charge in [-0.25, -0.2) is 4.98 Å². The summed E-state index contributed by atoms with van der Waals surface area (Å²) in [7, 11) is 3.62. The van der Waals surface area contributed by atoms with Gasteiger partial charge in [0, 0.05) is 44.6 Å². The number of amides is 1. The average Bonchev–Trinajstić information content (AvgIpc) is 3.07. The predicted octanol–water partition coefficient (Wildman–Crippen LogP) is 2.23. The Kier molecular flexibility index (Phi) is 9.55. The van der Waals surface area contributed by atoms with Gasteiger partial charge in [0.05, 0.1) is 6.20 Å². The maximum atomic E-state index is 12.5. The highest BCUT2D eigenvalue weighted by Crippen LogP contribution is 2.18. The number of likely N-dealkylation sites (N-methyl/N-ethyl adjacent to an activating group) is 1. The van der Waals surface area contributed by atoms with Crippen molar-refractivity contribution in [2.45, 2.75) is 31.8 Å². The second kappa shape index (κ2) is 11.1. The number of hydrogen-bond donors (Lipinski definition) is 2. The summed E-state index contributed by atoms with van der Waals surface area (Å²) in [6.45, 7) is 2.61. The van der Waals surface area contributed by atoms with E-state index in [1.54, 1.807) is 17.9 Å². The van der Waals surface area contributed by atoms with Gasteiger partial charge in [0.2, 0.25) is 5.91 Å². The Labute approximate surface area is 172 Å². The molecular formula is C18H28Cl2N6O. The molecule has 150 valence electrons. The first-order chi connectivity index (χ1) is 12.2. The molecule has 1 amide bonds. The largest absolute Gasteiger partial charge is 0.357 e. The maximum Gasteiger partial charge on any atom is 0.242 e. The van der Waals surface area contributed by atoms with Crippen molar-refractivity contribution in [3.05, 3.63) is 41.9 Å². The SMILES string of the molecule is CNC(C(=O)NCc1ccnc(N2CCCCC2)c1)c1cnn(C)c1.Cl.Cl. The van der Waals surface area contributed by atoms with Crippen molar-refractivity contribution >= 4 is 36.5 Å². The third kappa shape index (κ3) is 6.09. The van der Waals surface area contributed by atoms with Crippen molar-refractivity contribution in [1.82, 2.24) is 25.4 Å². The van der Waals surface area contributed by atoms with Gasteiger partial charge in [-0.3, -0.25) is 9.48 Å². The summed E-state index contributed by atoms with van der Waals surface area (Å²) in [6.07, 6.45) is 9.12. The van der Waals surface area contributed by atoms with E-state index in [4.69, 9.17) is 0 Å². The molecule has 7 nitrogen and oxygen atoms in total. The number of nitrogens with one attached hydrogen (secondary N) is 2. The van der Waals surface area contributed by atoms with Crippen LogP contribution in [0, 0.1) is 0 Å². The van der Waals surface area contributed by atoms with E-state index >= 15 is 0 Å². The first kappa shape index (κ1) is 23.2. The minimum atomic E-state index is -0.405. The summed E-state index contributed by atoms with van der Waals surface area (Å²) in [5, 5.41) is 10.2. The maximum absolute atomic E-state index is 12.5. The normalized spacial score (nSPS) is 14.7. The van der Waals surface area contributed by atoms with Gasteiger partial charge in [0.25, 0.3) is 0 Å². The molecule has 2 aromatic rings. The number of nitrogens with zero attached hydrogens (tertiary/aromatic N) is 4. The summed E-state index contributed by atoms with van der Waals surface area (Å²) in [5.74, 6) is 0.940. The Morgan fingerprint density at radius 2 is 2.00 bits per heavy atom. The third-order valence-electron chi connectivity index (χ3n) is 4.57. The molecule has 1 fully saturated rings. The number of aryl methyl sites for hydroxylation is 1. The summed E-state index contributed by atoms with van der Waals surface area (Å²) < 4.78 is 1.70. The number of carbonyl (C=O) groups is 1. The smallest absolute Gasteiger partial charge is 0.242 e. The van der Waals surface area contributed by atoms with Crippen molar-refractivity contribution in [2.24, 2.45) is 7.05 Å². The summed E-state index contributed by atoms with van der Waals surface area (Å²) in [5.41, 5.74) is 1.91. The lowest BCUT2D eigenvalue weighted by Gasteiger charge is -2.28. The van der Waals surface area contributed by atoms with Crippen molar-refractivity contribution in [1.29, 1.82) is 0 Å². The number of hydrogen-bond acceptors (Lipinski definition) is 5. The van der Waals surface area contributed by atoms with Gasteiger partial charge < -0.3 is 15.5 Å². The molecule has 0 aliphatic carbocycles. The van der Waals surface area contributed by atoms with E-state index in [1.165, 1.54) is 19.3 Å². The molecular weight excluding hydrogens is 387 g/mol. The van der Waals surface area contributed by atoms with Crippen LogP contribution in [0.2, 0.25) is 0 Å². The van der Waals surface area contributed by atoms with Gasteiger partial charge in [-0.1, -0.05) is 0 Å². The number of rotatable bonds is 6. The monoisotopic (exact) mass is 414 g/mol. The molecule has 1 aliphatic heterocycles. The Balaban J connectivity index is 0.00000182. The highest BCUT2D eigenvalue weighted by molar-refractivity contribution is 5.85. The molecule has 3 rings (SSSR count). The van der Waals surface area contributed by atoms with Crippen molar-refractivity contribution < 1.29 is 4.79 Å². The van der Waals surface area contributed by atoms with Crippen LogP contribution in [0.15, 0.2) is 30.7 Å². The Morgan fingerprint density at radius 3 is 2.63 bits per heavy atom. The zero-order valence-electron chi connectivity index (χ0n) is 15.7. The molecule has 0 aromatic carbocycles. The quantitative estimate of drug-likeness (QED) is 0.757. The van der Waals surface area contributed by atoms with E-state index < -0.39 is 6.04 Å². The number of aromatic nitrogens is 3. The molecule has 9 heteroatoms. The fraction of sp³-hybridized carbons (Fsp3) is 0.500. The zero-order valence-corrected chi connectivity index (χ0v) is 17.4. The van der Waals surface area contributed by atoms with Gasteiger partial charge in [0.15, 0.2) is 0 Å². The zero-order chi connectivity index (χ0) is 17.6. The van der Waals surface area contributed by atoms with Crippen molar-refractivity contribution in [3.63, 3.8) is 0 Å². The molecule has 1 atom stereocenters. The van der Waals surface area contributed by atoms with Crippen LogP contribution in [0.25, 0.3) is 0 Å².